The van der Waals surface area contributed by atoms with Gasteiger partial charge in [0.15, 0.2) is 0 Å². The van der Waals surface area contributed by atoms with Gasteiger partial charge in [-0.15, -0.1) is 0 Å². The number of H-pyrrole nitrogens is 1. The number of hydrogen-bond donors (Lipinski definition) is 1. The van der Waals surface area contributed by atoms with Gasteiger partial charge in [0, 0.05) is 23.7 Å². The normalized spacial score (nSPS) is 14.5. The predicted molar refractivity (Wildman–Crippen MR) is 94.1 cm³/mol. The van der Waals surface area contributed by atoms with Crippen LogP contribution in [-0.4, -0.2) is 26.6 Å². The van der Waals surface area contributed by atoms with Gasteiger partial charge in [-0.25, -0.2) is 9.97 Å². The summed E-state index contributed by atoms with van der Waals surface area (Å²) in [6, 6.07) is 8.48. The van der Waals surface area contributed by atoms with Crippen molar-refractivity contribution in [3.63, 3.8) is 0 Å². The van der Waals surface area contributed by atoms with Crippen molar-refractivity contribution in [1.29, 1.82) is 0 Å². The molecule has 4 aromatic rings. The minimum absolute atomic E-state index is 0.767. The Morgan fingerprint density at radius 2 is 2.17 bits per heavy atom. The molecule has 1 saturated carbocycles. The number of benzene rings is 1. The van der Waals surface area contributed by atoms with Crippen LogP contribution in [0, 0.1) is 5.92 Å². The molecule has 24 heavy (non-hydrogen) atoms. The summed E-state index contributed by atoms with van der Waals surface area (Å²) in [7, 11) is 1.66. The summed E-state index contributed by atoms with van der Waals surface area (Å²) in [4.78, 5) is 12.2. The van der Waals surface area contributed by atoms with E-state index in [2.05, 4.69) is 37.7 Å². The Balaban J connectivity index is 1.65. The largest absolute Gasteiger partial charge is 0.495 e. The third kappa shape index (κ3) is 2.16. The fourth-order valence-electron chi connectivity index (χ4n) is 3.28. The summed E-state index contributed by atoms with van der Waals surface area (Å²) in [5.41, 5.74) is 5.43. The number of nitrogens with one attached hydrogen (secondary N) is 1. The molecule has 0 aliphatic heterocycles. The first-order valence-corrected chi connectivity index (χ1v) is 8.28. The van der Waals surface area contributed by atoms with E-state index in [0.29, 0.717) is 0 Å². The van der Waals surface area contributed by atoms with E-state index in [-0.39, 0.29) is 0 Å². The molecule has 1 aromatic carbocycles. The van der Waals surface area contributed by atoms with Gasteiger partial charge in [0.2, 0.25) is 0 Å². The number of pyridine rings is 1. The molecule has 5 nitrogen and oxygen atoms in total. The van der Waals surface area contributed by atoms with Gasteiger partial charge in [-0.05, 0) is 42.5 Å². The van der Waals surface area contributed by atoms with E-state index in [1.54, 1.807) is 13.3 Å². The van der Waals surface area contributed by atoms with Gasteiger partial charge in [-0.3, -0.25) is 0 Å². The summed E-state index contributed by atoms with van der Waals surface area (Å²) in [5, 5.41) is 1.07. The molecule has 3 aromatic heterocycles. The second kappa shape index (κ2) is 5.09. The fraction of sp³-hybridized carbons (Fsp3) is 0.263. The van der Waals surface area contributed by atoms with Crippen molar-refractivity contribution in [3.05, 3.63) is 43.0 Å². The van der Waals surface area contributed by atoms with Crippen LogP contribution in [-0.2, 0) is 6.54 Å². The molecular formula is C19H18N4O. The van der Waals surface area contributed by atoms with Crippen LogP contribution < -0.4 is 4.74 Å². The van der Waals surface area contributed by atoms with Gasteiger partial charge in [0.05, 0.1) is 30.7 Å². The van der Waals surface area contributed by atoms with E-state index in [9.17, 15) is 0 Å². The number of nitrogens with zero attached hydrogens (tertiary/aromatic N) is 3. The van der Waals surface area contributed by atoms with Crippen molar-refractivity contribution >= 4 is 22.1 Å². The molecule has 0 radical (unpaired) electrons. The molecule has 0 amide bonds. The number of fused-ring (bicyclic) bond motifs is 2. The van der Waals surface area contributed by atoms with E-state index in [0.717, 1.165) is 40.3 Å². The predicted octanol–water partition coefficient (Wildman–Crippen LogP) is 4.00. The molecule has 120 valence electrons. The zero-order chi connectivity index (χ0) is 16.1. The Hall–Kier alpha value is -2.82. The maximum absolute atomic E-state index is 5.32. The highest BCUT2D eigenvalue weighted by Gasteiger charge is 2.22. The first-order valence-electron chi connectivity index (χ1n) is 8.28. The Labute approximate surface area is 139 Å². The smallest absolute Gasteiger partial charge is 0.138 e. The monoisotopic (exact) mass is 318 g/mol. The molecule has 1 fully saturated rings. The van der Waals surface area contributed by atoms with Crippen LogP contribution >= 0.6 is 0 Å². The Bertz CT molecular complexity index is 1040. The van der Waals surface area contributed by atoms with Crippen molar-refractivity contribution in [2.24, 2.45) is 5.92 Å². The van der Waals surface area contributed by atoms with Gasteiger partial charge in [-0.2, -0.15) is 0 Å². The molecule has 5 heteroatoms. The zero-order valence-electron chi connectivity index (χ0n) is 13.5. The average molecular weight is 318 g/mol. The molecule has 0 saturated heterocycles. The molecule has 5 rings (SSSR count). The zero-order valence-corrected chi connectivity index (χ0v) is 13.5. The number of methoxy groups -OCH3 is 1. The fourth-order valence-corrected chi connectivity index (χ4v) is 3.28. The number of ether oxygens (including phenoxy) is 1. The van der Waals surface area contributed by atoms with E-state index >= 15 is 0 Å². The standard InChI is InChI=1S/C19H18N4O/c1-24-14-7-15-16(9-21-19(15)20-8-14)13-4-5-17-18(6-13)23(11-22-17)10-12-2-3-12/h4-9,11-12H,2-3,10H2,1H3,(H,20,21). The van der Waals surface area contributed by atoms with Crippen LogP contribution in [0.2, 0.25) is 0 Å². The van der Waals surface area contributed by atoms with Crippen molar-refractivity contribution in [1.82, 2.24) is 19.5 Å². The molecule has 0 bridgehead atoms. The number of hydrogen-bond acceptors (Lipinski definition) is 3. The molecule has 0 unspecified atom stereocenters. The number of imidazole rings is 1. The summed E-state index contributed by atoms with van der Waals surface area (Å²) >= 11 is 0. The van der Waals surface area contributed by atoms with Crippen molar-refractivity contribution in [3.8, 4) is 16.9 Å². The van der Waals surface area contributed by atoms with E-state index < -0.39 is 0 Å². The van der Waals surface area contributed by atoms with Crippen LogP contribution in [0.5, 0.6) is 5.75 Å². The van der Waals surface area contributed by atoms with E-state index in [4.69, 9.17) is 4.74 Å². The van der Waals surface area contributed by atoms with Gasteiger partial charge in [0.1, 0.15) is 11.4 Å². The Morgan fingerprint density at radius 1 is 1.25 bits per heavy atom. The topological polar surface area (TPSA) is 55.7 Å². The van der Waals surface area contributed by atoms with Gasteiger partial charge in [-0.1, -0.05) is 6.07 Å². The maximum Gasteiger partial charge on any atom is 0.138 e. The molecule has 3 heterocycles. The van der Waals surface area contributed by atoms with Gasteiger partial charge in [0.25, 0.3) is 0 Å². The second-order valence-electron chi connectivity index (χ2n) is 6.52. The van der Waals surface area contributed by atoms with Crippen LogP contribution in [0.1, 0.15) is 12.8 Å². The Kier molecular flexibility index (Phi) is 2.89. The number of aromatic nitrogens is 4. The first kappa shape index (κ1) is 13.6. The van der Waals surface area contributed by atoms with Crippen molar-refractivity contribution in [2.75, 3.05) is 7.11 Å². The van der Waals surface area contributed by atoms with Crippen LogP contribution in [0.3, 0.4) is 0 Å². The van der Waals surface area contributed by atoms with Crippen molar-refractivity contribution in [2.45, 2.75) is 19.4 Å². The molecule has 1 aliphatic carbocycles. The van der Waals surface area contributed by atoms with Crippen LogP contribution in [0.25, 0.3) is 33.2 Å². The summed E-state index contributed by atoms with van der Waals surface area (Å²) in [6.45, 7) is 1.07. The van der Waals surface area contributed by atoms with Gasteiger partial charge >= 0.3 is 0 Å². The third-order valence-electron chi connectivity index (χ3n) is 4.83. The van der Waals surface area contributed by atoms with E-state index in [1.807, 2.05) is 18.6 Å². The lowest BCUT2D eigenvalue weighted by Gasteiger charge is -2.05. The maximum atomic E-state index is 5.32. The summed E-state index contributed by atoms with van der Waals surface area (Å²) in [6.07, 6.45) is 8.39. The lowest BCUT2D eigenvalue weighted by atomic mass is 10.1. The van der Waals surface area contributed by atoms with Gasteiger partial charge < -0.3 is 14.3 Å². The molecule has 0 spiro atoms. The molecule has 1 N–H and O–H groups in total. The average Bonchev–Trinajstić information content (AvgIpc) is 3.20. The highest BCUT2D eigenvalue weighted by Crippen LogP contribution is 2.34. The summed E-state index contributed by atoms with van der Waals surface area (Å²) < 4.78 is 7.60. The van der Waals surface area contributed by atoms with Crippen LogP contribution in [0.4, 0.5) is 0 Å². The molecule has 0 atom stereocenters. The third-order valence-corrected chi connectivity index (χ3v) is 4.83. The SMILES string of the molecule is COc1cnc2[nH]cc(-c3ccc4ncn(CC5CC5)c4c3)c2c1. The lowest BCUT2D eigenvalue weighted by molar-refractivity contribution is 0.414. The number of rotatable bonds is 4. The minimum atomic E-state index is 0.767. The van der Waals surface area contributed by atoms with Crippen molar-refractivity contribution < 1.29 is 4.74 Å². The second-order valence-corrected chi connectivity index (χ2v) is 6.52. The quantitative estimate of drug-likeness (QED) is 0.619. The highest BCUT2D eigenvalue weighted by atomic mass is 16.5. The molecule has 1 aliphatic rings. The summed E-state index contributed by atoms with van der Waals surface area (Å²) in [5.74, 6) is 1.59. The number of aromatic amines is 1. The Morgan fingerprint density at radius 3 is 3.00 bits per heavy atom. The minimum Gasteiger partial charge on any atom is -0.495 e. The molecular weight excluding hydrogens is 300 g/mol. The van der Waals surface area contributed by atoms with Crippen LogP contribution in [0.15, 0.2) is 43.0 Å². The van der Waals surface area contributed by atoms with E-state index in [1.165, 1.54) is 23.9 Å². The highest BCUT2D eigenvalue weighted by molar-refractivity contribution is 5.96. The first-order chi connectivity index (χ1) is 11.8. The lowest BCUT2D eigenvalue weighted by Crippen LogP contribution is -1.97.